The van der Waals surface area contributed by atoms with Crippen LogP contribution >= 0.6 is 36.4 Å². The van der Waals surface area contributed by atoms with Crippen molar-refractivity contribution in [3.63, 3.8) is 0 Å². The quantitative estimate of drug-likeness (QED) is 0.330. The lowest BCUT2D eigenvalue weighted by atomic mass is 10.4. The fourth-order valence-corrected chi connectivity index (χ4v) is 2.11. The predicted octanol–water partition coefficient (Wildman–Crippen LogP) is 1.39. The number of aryl methyl sites for hydroxylation is 1. The predicted molar refractivity (Wildman–Crippen MR) is 71.6 cm³/mol. The van der Waals surface area contributed by atoms with Gasteiger partial charge in [-0.3, -0.25) is 4.52 Å². The van der Waals surface area contributed by atoms with E-state index in [9.17, 15) is 14.7 Å². The molecule has 0 spiro atoms. The molecule has 0 amide bonds. The van der Waals surface area contributed by atoms with E-state index in [2.05, 4.69) is 9.51 Å². The Bertz CT molecular complexity index is 491. The summed E-state index contributed by atoms with van der Waals surface area (Å²) in [4.78, 5) is 31.1. The Kier molecular flexibility index (Phi) is 7.12. The highest BCUT2D eigenvalue weighted by Gasteiger charge is 2.27. The Balaban J connectivity index is 0.00000324. The van der Waals surface area contributed by atoms with Crippen LogP contribution in [0.1, 0.15) is 5.82 Å². The average Bonchev–Trinajstić information content (AvgIpc) is 2.57. The van der Waals surface area contributed by atoms with Gasteiger partial charge in [0.05, 0.1) is 5.88 Å². The Morgan fingerprint density at radius 1 is 1.68 bits per heavy atom. The summed E-state index contributed by atoms with van der Waals surface area (Å²) in [6.45, 7) is 1.35. The number of phosphoric acid groups is 1. The Hall–Kier alpha value is -0.510. The summed E-state index contributed by atoms with van der Waals surface area (Å²) in [6, 6.07) is 0. The van der Waals surface area contributed by atoms with Crippen molar-refractivity contribution < 1.29 is 23.8 Å². The van der Waals surface area contributed by atoms with Crippen molar-refractivity contribution in [2.24, 2.45) is 0 Å². The first-order chi connectivity index (χ1) is 8.24. The van der Waals surface area contributed by atoms with E-state index in [1.807, 2.05) is 0 Å². The van der Waals surface area contributed by atoms with E-state index in [4.69, 9.17) is 21.4 Å². The van der Waals surface area contributed by atoms with Crippen molar-refractivity contribution >= 4 is 42.2 Å². The van der Waals surface area contributed by atoms with Crippen molar-refractivity contribution in [3.8, 4) is 0 Å². The van der Waals surface area contributed by atoms with E-state index in [1.165, 1.54) is 11.5 Å². The van der Waals surface area contributed by atoms with E-state index < -0.39 is 18.8 Å². The van der Waals surface area contributed by atoms with Crippen LogP contribution in [0.2, 0.25) is 0 Å². The molecule has 0 aliphatic heterocycles. The lowest BCUT2D eigenvalue weighted by Crippen LogP contribution is -2.22. The Labute approximate surface area is 123 Å². The van der Waals surface area contributed by atoms with Gasteiger partial charge in [0.15, 0.2) is 5.82 Å². The van der Waals surface area contributed by atoms with Gasteiger partial charge in [-0.05, 0) is 4.92 Å². The number of alkyl halides is 1. The van der Waals surface area contributed by atoms with Gasteiger partial charge < -0.3 is 19.9 Å². The highest BCUT2D eigenvalue weighted by Crippen LogP contribution is 2.38. The van der Waals surface area contributed by atoms with Crippen LogP contribution in [0.5, 0.6) is 0 Å². The van der Waals surface area contributed by atoms with Crippen molar-refractivity contribution in [1.29, 1.82) is 0 Å². The maximum atomic E-state index is 10.7. The van der Waals surface area contributed by atoms with E-state index in [1.54, 1.807) is 0 Å². The number of imidazole rings is 1. The number of nitrogens with zero attached hydrogens (tertiary/aromatic N) is 3. The standard InChI is InChI=1S/C7H11ClN3O6P.BrH/c1-5-9-3-7(11(12)13)10(5)4-6(2-8)17-18(14,15)16;/h3,6H,2,4H2,1H3,(H2,14,15,16);1H/t6-;/m1./s1. The molecule has 1 aromatic heterocycles. The van der Waals surface area contributed by atoms with Gasteiger partial charge in [0.1, 0.15) is 18.8 Å². The molecule has 9 nitrogen and oxygen atoms in total. The maximum absolute atomic E-state index is 10.7. The van der Waals surface area contributed by atoms with Gasteiger partial charge in [0, 0.05) is 6.92 Å². The molecule has 1 aromatic rings. The monoisotopic (exact) mass is 379 g/mol. The summed E-state index contributed by atoms with van der Waals surface area (Å²) >= 11 is 5.50. The van der Waals surface area contributed by atoms with Gasteiger partial charge in [-0.2, -0.15) is 0 Å². The van der Waals surface area contributed by atoms with Gasteiger partial charge in [-0.25, -0.2) is 14.1 Å². The summed E-state index contributed by atoms with van der Waals surface area (Å²) in [5.74, 6) is -0.192. The lowest BCUT2D eigenvalue weighted by Gasteiger charge is -2.14. The minimum Gasteiger partial charge on any atom is -0.358 e. The van der Waals surface area contributed by atoms with Crippen LogP contribution in [0.15, 0.2) is 6.20 Å². The van der Waals surface area contributed by atoms with Gasteiger partial charge >= 0.3 is 13.6 Å². The van der Waals surface area contributed by atoms with Crippen LogP contribution in [-0.4, -0.2) is 36.2 Å². The van der Waals surface area contributed by atoms with Gasteiger partial charge in [-0.1, -0.05) is 0 Å². The van der Waals surface area contributed by atoms with Crippen LogP contribution in [0.4, 0.5) is 5.82 Å². The number of hydrogen-bond acceptors (Lipinski definition) is 5. The summed E-state index contributed by atoms with van der Waals surface area (Å²) < 4.78 is 16.3. The first-order valence-corrected chi connectivity index (χ1v) is 6.77. The summed E-state index contributed by atoms with van der Waals surface area (Å²) in [5.41, 5.74) is 0. The summed E-state index contributed by atoms with van der Waals surface area (Å²) in [7, 11) is -4.70. The smallest absolute Gasteiger partial charge is 0.358 e. The van der Waals surface area contributed by atoms with Crippen LogP contribution in [-0.2, 0) is 15.6 Å². The molecule has 0 unspecified atom stereocenters. The minimum atomic E-state index is -4.70. The third kappa shape index (κ3) is 5.55. The molecule has 1 atom stereocenters. The van der Waals surface area contributed by atoms with Crippen LogP contribution in [0.3, 0.4) is 0 Å². The molecular formula is C7H12BrClN3O6P. The lowest BCUT2D eigenvalue weighted by molar-refractivity contribution is -0.392. The molecule has 0 saturated heterocycles. The van der Waals surface area contributed by atoms with Gasteiger partial charge in [0.2, 0.25) is 0 Å². The normalized spacial score (nSPS) is 12.8. The third-order valence-corrected chi connectivity index (χ3v) is 2.98. The molecule has 0 bridgehead atoms. The SMILES string of the molecule is Br.Cc1ncc([N+](=O)[O-])n1C[C@@H](CCl)OP(=O)(O)O. The first kappa shape index (κ1) is 18.5. The van der Waals surface area contributed by atoms with Crippen molar-refractivity contribution in [1.82, 2.24) is 9.55 Å². The molecule has 0 saturated carbocycles. The second-order valence-corrected chi connectivity index (χ2v) is 4.90. The number of rotatable bonds is 6. The number of hydrogen-bond donors (Lipinski definition) is 2. The van der Waals surface area contributed by atoms with E-state index in [-0.39, 0.29) is 35.2 Å². The van der Waals surface area contributed by atoms with Crippen molar-refractivity contribution in [2.75, 3.05) is 5.88 Å². The second-order valence-electron chi connectivity index (χ2n) is 3.40. The molecular weight excluding hydrogens is 368 g/mol. The van der Waals surface area contributed by atoms with Crippen molar-refractivity contribution in [2.45, 2.75) is 19.6 Å². The maximum Gasteiger partial charge on any atom is 0.470 e. The van der Waals surface area contributed by atoms with Crippen LogP contribution in [0, 0.1) is 17.0 Å². The number of aromatic nitrogens is 2. The average molecular weight is 381 g/mol. The third-order valence-electron chi connectivity index (χ3n) is 2.07. The Morgan fingerprint density at radius 3 is 2.68 bits per heavy atom. The minimum absolute atomic E-state index is 0. The van der Waals surface area contributed by atoms with Crippen LogP contribution in [0.25, 0.3) is 0 Å². The van der Waals surface area contributed by atoms with E-state index in [0.717, 1.165) is 6.20 Å². The molecule has 12 heteroatoms. The molecule has 19 heavy (non-hydrogen) atoms. The summed E-state index contributed by atoms with van der Waals surface area (Å²) in [6.07, 6.45) is -0.00271. The van der Waals surface area contributed by atoms with Gasteiger partial charge in [-0.15, -0.1) is 28.6 Å². The number of nitro groups is 1. The van der Waals surface area contributed by atoms with Crippen LogP contribution < -0.4 is 0 Å². The van der Waals surface area contributed by atoms with E-state index >= 15 is 0 Å². The summed E-state index contributed by atoms with van der Waals surface area (Å²) in [5, 5.41) is 10.7. The fourth-order valence-electron chi connectivity index (χ4n) is 1.34. The highest BCUT2D eigenvalue weighted by molar-refractivity contribution is 8.93. The molecule has 0 fully saturated rings. The number of phosphoric ester groups is 1. The number of halogens is 2. The fraction of sp³-hybridized carbons (Fsp3) is 0.571. The molecule has 1 rings (SSSR count). The molecule has 0 aromatic carbocycles. The molecule has 0 aliphatic rings. The topological polar surface area (TPSA) is 128 Å². The molecule has 1 heterocycles. The zero-order valence-electron chi connectivity index (χ0n) is 9.67. The second kappa shape index (κ2) is 7.32. The zero-order chi connectivity index (χ0) is 13.9. The van der Waals surface area contributed by atoms with E-state index in [0.29, 0.717) is 5.82 Å². The molecule has 0 radical (unpaired) electrons. The molecule has 0 aliphatic carbocycles. The Morgan fingerprint density at radius 2 is 2.26 bits per heavy atom. The largest absolute Gasteiger partial charge is 0.470 e. The van der Waals surface area contributed by atoms with Crippen molar-refractivity contribution in [3.05, 3.63) is 22.1 Å². The van der Waals surface area contributed by atoms with Gasteiger partial charge in [0.25, 0.3) is 0 Å². The molecule has 110 valence electrons. The zero-order valence-corrected chi connectivity index (χ0v) is 13.0. The molecule has 2 N–H and O–H groups in total. The first-order valence-electron chi connectivity index (χ1n) is 4.71. The highest BCUT2D eigenvalue weighted by atomic mass is 79.9.